The van der Waals surface area contributed by atoms with Crippen LogP contribution in [0, 0.1) is 5.92 Å². The van der Waals surface area contributed by atoms with Crippen LogP contribution in [0.3, 0.4) is 0 Å². The van der Waals surface area contributed by atoms with Crippen LogP contribution in [0.25, 0.3) is 0 Å². The summed E-state index contributed by atoms with van der Waals surface area (Å²) < 4.78 is 38.5. The van der Waals surface area contributed by atoms with E-state index in [0.29, 0.717) is 31.5 Å². The van der Waals surface area contributed by atoms with Gasteiger partial charge in [-0.3, -0.25) is 4.79 Å². The van der Waals surface area contributed by atoms with Crippen LogP contribution in [0.5, 0.6) is 5.75 Å². The number of hydrogen-bond acceptors (Lipinski definition) is 3. The van der Waals surface area contributed by atoms with Crippen molar-refractivity contribution in [1.29, 1.82) is 0 Å². The number of halogens is 3. The number of aromatic nitrogens is 1. The molecule has 0 radical (unpaired) electrons. The number of alkyl halides is 3. The van der Waals surface area contributed by atoms with Crippen molar-refractivity contribution in [3.63, 3.8) is 0 Å². The molecule has 2 aromatic rings. The van der Waals surface area contributed by atoms with Crippen LogP contribution < -0.4 is 0 Å². The summed E-state index contributed by atoms with van der Waals surface area (Å²) in [5.74, 6) is -0.242. The Labute approximate surface area is 155 Å². The van der Waals surface area contributed by atoms with Crippen molar-refractivity contribution in [2.45, 2.75) is 31.9 Å². The van der Waals surface area contributed by atoms with Crippen LogP contribution in [0.1, 0.15) is 40.9 Å². The van der Waals surface area contributed by atoms with Gasteiger partial charge in [0.05, 0.1) is 5.56 Å². The van der Waals surface area contributed by atoms with Gasteiger partial charge in [-0.2, -0.15) is 13.2 Å². The van der Waals surface area contributed by atoms with Crippen molar-refractivity contribution in [3.05, 3.63) is 59.4 Å². The normalized spacial score (nSPS) is 17.7. The Morgan fingerprint density at radius 2 is 2.07 bits per heavy atom. The number of rotatable bonds is 4. The minimum absolute atomic E-state index is 0.0380. The van der Waals surface area contributed by atoms with Crippen molar-refractivity contribution < 1.29 is 23.1 Å². The molecule has 2 heterocycles. The van der Waals surface area contributed by atoms with E-state index in [2.05, 4.69) is 4.98 Å². The van der Waals surface area contributed by atoms with E-state index in [0.717, 1.165) is 18.9 Å². The first-order valence-corrected chi connectivity index (χ1v) is 8.94. The lowest BCUT2D eigenvalue weighted by Crippen LogP contribution is -2.40. The van der Waals surface area contributed by atoms with E-state index in [1.54, 1.807) is 17.0 Å². The third-order valence-electron chi connectivity index (χ3n) is 4.89. The minimum atomic E-state index is -4.34. The molecular formula is C20H21F3N2O2. The average molecular weight is 378 g/mol. The Balaban J connectivity index is 1.61. The van der Waals surface area contributed by atoms with Gasteiger partial charge in [0.15, 0.2) is 5.69 Å². The summed E-state index contributed by atoms with van der Waals surface area (Å²) in [6.45, 7) is 1.11. The van der Waals surface area contributed by atoms with Crippen molar-refractivity contribution >= 4 is 5.91 Å². The molecule has 1 aliphatic heterocycles. The largest absolute Gasteiger partial charge is 0.505 e. The standard InChI is InChI=1S/C20H21F3N2O2/c21-20(22,23)16-6-1-4-14(12-16)8-9-15-5-3-11-25(13-15)19(27)18-17(26)7-2-10-24-18/h1-2,4,6-7,10,12,15,26H,3,5,8-9,11,13H2. The molecule has 0 aliphatic carbocycles. The number of amides is 1. The third kappa shape index (κ3) is 4.78. The van der Waals surface area contributed by atoms with Gasteiger partial charge in [0.25, 0.3) is 5.91 Å². The number of nitrogens with zero attached hydrogens (tertiary/aromatic N) is 2. The van der Waals surface area contributed by atoms with Gasteiger partial charge in [0.1, 0.15) is 5.75 Å². The lowest BCUT2D eigenvalue weighted by atomic mass is 9.91. The number of likely N-dealkylation sites (tertiary alicyclic amines) is 1. The molecule has 0 spiro atoms. The minimum Gasteiger partial charge on any atom is -0.505 e. The zero-order chi connectivity index (χ0) is 19.4. The first kappa shape index (κ1) is 19.2. The lowest BCUT2D eigenvalue weighted by molar-refractivity contribution is -0.137. The summed E-state index contributed by atoms with van der Waals surface area (Å²) in [7, 11) is 0. The Bertz CT molecular complexity index is 808. The molecule has 1 atom stereocenters. The summed E-state index contributed by atoms with van der Waals surface area (Å²) in [6, 6.07) is 8.38. The van der Waals surface area contributed by atoms with Crippen LogP contribution in [-0.2, 0) is 12.6 Å². The second-order valence-electron chi connectivity index (χ2n) is 6.87. The maximum absolute atomic E-state index is 12.8. The van der Waals surface area contributed by atoms with Crippen molar-refractivity contribution in [2.75, 3.05) is 13.1 Å². The molecule has 27 heavy (non-hydrogen) atoms. The molecule has 7 heteroatoms. The van der Waals surface area contributed by atoms with Crippen LogP contribution in [0.2, 0.25) is 0 Å². The quantitative estimate of drug-likeness (QED) is 0.864. The average Bonchev–Trinajstić information content (AvgIpc) is 2.66. The summed E-state index contributed by atoms with van der Waals surface area (Å²) in [5, 5.41) is 9.82. The van der Waals surface area contributed by atoms with E-state index in [-0.39, 0.29) is 23.3 Å². The number of benzene rings is 1. The van der Waals surface area contributed by atoms with E-state index in [9.17, 15) is 23.1 Å². The van der Waals surface area contributed by atoms with Crippen molar-refractivity contribution in [2.24, 2.45) is 5.92 Å². The summed E-state index contributed by atoms with van der Waals surface area (Å²) in [4.78, 5) is 18.2. The molecule has 1 aromatic carbocycles. The van der Waals surface area contributed by atoms with Gasteiger partial charge >= 0.3 is 6.18 Å². The number of carbonyl (C=O) groups is 1. The number of pyridine rings is 1. The van der Waals surface area contributed by atoms with Gasteiger partial charge in [-0.15, -0.1) is 0 Å². The SMILES string of the molecule is O=C(c1ncccc1O)N1CCCC(CCc2cccc(C(F)(F)F)c2)C1. The Morgan fingerprint density at radius 1 is 1.26 bits per heavy atom. The highest BCUT2D eigenvalue weighted by Crippen LogP contribution is 2.30. The molecule has 4 nitrogen and oxygen atoms in total. The van der Waals surface area contributed by atoms with Gasteiger partial charge in [-0.25, -0.2) is 4.98 Å². The monoisotopic (exact) mass is 378 g/mol. The fourth-order valence-electron chi connectivity index (χ4n) is 3.47. The van der Waals surface area contributed by atoms with E-state index in [4.69, 9.17) is 0 Å². The second kappa shape index (κ2) is 7.98. The molecule has 1 saturated heterocycles. The zero-order valence-corrected chi connectivity index (χ0v) is 14.7. The van der Waals surface area contributed by atoms with Gasteiger partial charge < -0.3 is 10.0 Å². The highest BCUT2D eigenvalue weighted by Gasteiger charge is 2.30. The fraction of sp³-hybridized carbons (Fsp3) is 0.400. The van der Waals surface area contributed by atoms with Crippen LogP contribution in [0.15, 0.2) is 42.6 Å². The number of piperidine rings is 1. The van der Waals surface area contributed by atoms with E-state index >= 15 is 0 Å². The van der Waals surface area contributed by atoms with Crippen LogP contribution >= 0.6 is 0 Å². The maximum Gasteiger partial charge on any atom is 0.416 e. The molecule has 144 valence electrons. The predicted molar refractivity (Wildman–Crippen MR) is 94.3 cm³/mol. The third-order valence-corrected chi connectivity index (χ3v) is 4.89. The fourth-order valence-corrected chi connectivity index (χ4v) is 3.47. The molecule has 0 saturated carbocycles. The highest BCUT2D eigenvalue weighted by atomic mass is 19.4. The van der Waals surface area contributed by atoms with Crippen molar-refractivity contribution in [1.82, 2.24) is 9.88 Å². The number of aromatic hydroxyl groups is 1. The van der Waals surface area contributed by atoms with Gasteiger partial charge in [0, 0.05) is 19.3 Å². The molecule has 1 fully saturated rings. The molecule has 3 rings (SSSR count). The Kier molecular flexibility index (Phi) is 5.68. The molecular weight excluding hydrogens is 357 g/mol. The van der Waals surface area contributed by atoms with E-state index in [1.165, 1.54) is 24.4 Å². The number of aryl methyl sites for hydroxylation is 1. The first-order valence-electron chi connectivity index (χ1n) is 8.94. The molecule has 1 N–H and O–H groups in total. The van der Waals surface area contributed by atoms with E-state index < -0.39 is 11.7 Å². The smallest absolute Gasteiger partial charge is 0.416 e. The Morgan fingerprint density at radius 3 is 2.81 bits per heavy atom. The van der Waals surface area contributed by atoms with Crippen LogP contribution in [0.4, 0.5) is 13.2 Å². The Hall–Kier alpha value is -2.57. The highest BCUT2D eigenvalue weighted by molar-refractivity contribution is 5.94. The number of carbonyl (C=O) groups excluding carboxylic acids is 1. The molecule has 1 unspecified atom stereocenters. The van der Waals surface area contributed by atoms with E-state index in [1.807, 2.05) is 0 Å². The van der Waals surface area contributed by atoms with Gasteiger partial charge in [-0.05, 0) is 55.4 Å². The maximum atomic E-state index is 12.8. The summed E-state index contributed by atoms with van der Waals surface area (Å²) in [5.41, 5.74) is 0.0535. The molecule has 0 bridgehead atoms. The number of hydrogen-bond donors (Lipinski definition) is 1. The summed E-state index contributed by atoms with van der Waals surface area (Å²) in [6.07, 6.45) is 0.116. The molecule has 1 aromatic heterocycles. The molecule has 1 amide bonds. The first-order chi connectivity index (χ1) is 12.8. The predicted octanol–water partition coefficient (Wildman–Crippen LogP) is 4.29. The van der Waals surface area contributed by atoms with Gasteiger partial charge in [-0.1, -0.05) is 18.2 Å². The van der Waals surface area contributed by atoms with Gasteiger partial charge in [0.2, 0.25) is 0 Å². The zero-order valence-electron chi connectivity index (χ0n) is 14.7. The van der Waals surface area contributed by atoms with Crippen LogP contribution in [-0.4, -0.2) is 34.0 Å². The summed E-state index contributed by atoms with van der Waals surface area (Å²) >= 11 is 0. The molecule has 1 aliphatic rings. The topological polar surface area (TPSA) is 53.4 Å². The lowest BCUT2D eigenvalue weighted by Gasteiger charge is -2.32. The second-order valence-corrected chi connectivity index (χ2v) is 6.87. The van der Waals surface area contributed by atoms with Crippen molar-refractivity contribution in [3.8, 4) is 5.75 Å².